The molecule has 0 unspecified atom stereocenters. The van der Waals surface area contributed by atoms with Gasteiger partial charge in [0.1, 0.15) is 0 Å². The van der Waals surface area contributed by atoms with Crippen molar-refractivity contribution in [3.05, 3.63) is 62.4 Å². The molecule has 1 N–H and O–H groups in total. The molecule has 8 heteroatoms. The largest absolute Gasteiger partial charge is 0.493 e. The molecule has 0 atom stereocenters. The summed E-state index contributed by atoms with van der Waals surface area (Å²) < 4.78 is 12.2. The second kappa shape index (κ2) is 12.5. The van der Waals surface area contributed by atoms with E-state index in [1.54, 1.807) is 36.8 Å². The molecule has 1 heterocycles. The number of benzene rings is 2. The second-order valence-electron chi connectivity index (χ2n) is 7.47. The van der Waals surface area contributed by atoms with Gasteiger partial charge in [-0.3, -0.25) is 4.79 Å². The summed E-state index contributed by atoms with van der Waals surface area (Å²) in [5.74, 6) is 0.997. The van der Waals surface area contributed by atoms with Crippen LogP contribution in [0.5, 0.6) is 11.5 Å². The molecule has 0 saturated heterocycles. The normalized spacial score (nSPS) is 11.0. The van der Waals surface area contributed by atoms with Crippen molar-refractivity contribution in [3.8, 4) is 22.8 Å². The summed E-state index contributed by atoms with van der Waals surface area (Å²) in [6, 6.07) is 11.0. The van der Waals surface area contributed by atoms with E-state index in [2.05, 4.69) is 38.4 Å². The highest BCUT2D eigenvalue weighted by atomic mass is 79.9. The molecular weight excluding hydrogens is 502 g/mol. The van der Waals surface area contributed by atoms with Gasteiger partial charge >= 0.3 is 0 Å². The number of aryl methyl sites for hydroxylation is 1. The highest BCUT2D eigenvalue weighted by Gasteiger charge is 2.11. The van der Waals surface area contributed by atoms with Gasteiger partial charge in [-0.1, -0.05) is 38.3 Å². The number of amides is 1. The van der Waals surface area contributed by atoms with Gasteiger partial charge < -0.3 is 9.47 Å². The van der Waals surface area contributed by atoms with Gasteiger partial charge in [-0.15, -0.1) is 11.3 Å². The average molecular weight is 530 g/mol. The predicted molar refractivity (Wildman–Crippen MR) is 138 cm³/mol. The summed E-state index contributed by atoms with van der Waals surface area (Å²) in [6.07, 6.45) is 6.12. The van der Waals surface area contributed by atoms with Crippen LogP contribution in [0.2, 0.25) is 0 Å². The lowest BCUT2D eigenvalue weighted by atomic mass is 10.1. The highest BCUT2D eigenvalue weighted by molar-refractivity contribution is 9.10. The molecule has 0 radical (unpaired) electrons. The topological polar surface area (TPSA) is 72.8 Å². The zero-order chi connectivity index (χ0) is 23.6. The second-order valence-corrected chi connectivity index (χ2v) is 9.39. The molecule has 0 fully saturated rings. The first-order valence-electron chi connectivity index (χ1n) is 10.9. The van der Waals surface area contributed by atoms with Crippen LogP contribution in [0.25, 0.3) is 11.3 Å². The quantitative estimate of drug-likeness (QED) is 0.172. The van der Waals surface area contributed by atoms with E-state index in [1.165, 1.54) is 12.8 Å². The van der Waals surface area contributed by atoms with Gasteiger partial charge in [0.25, 0.3) is 5.91 Å². The molecule has 1 amide bonds. The van der Waals surface area contributed by atoms with Crippen LogP contribution < -0.4 is 14.9 Å². The maximum atomic E-state index is 12.4. The number of nitrogens with zero attached hydrogens (tertiary/aromatic N) is 2. The van der Waals surface area contributed by atoms with Crippen molar-refractivity contribution >= 4 is 39.4 Å². The fourth-order valence-electron chi connectivity index (χ4n) is 3.18. The Balaban J connectivity index is 1.59. The molecule has 1 aromatic heterocycles. The summed E-state index contributed by atoms with van der Waals surface area (Å²) in [4.78, 5) is 16.9. The standard InChI is InChI=1S/C25H28BrN3O3S/c1-4-5-6-7-12-32-24-21(26)13-18(14-23(24)31-3)15-27-29-25(30)20-10-8-19(9-11-20)22-16-33-17(2)28-22/h8-11,13-16H,4-7,12H2,1-3H3,(H,29,30)/b27-15+. The number of hydrogen-bond donors (Lipinski definition) is 1. The van der Waals surface area contributed by atoms with E-state index < -0.39 is 0 Å². The van der Waals surface area contributed by atoms with Crippen molar-refractivity contribution in [3.63, 3.8) is 0 Å². The monoisotopic (exact) mass is 529 g/mol. The summed E-state index contributed by atoms with van der Waals surface area (Å²) in [5.41, 5.74) is 5.75. The first-order valence-corrected chi connectivity index (χ1v) is 12.6. The number of rotatable bonds is 11. The minimum Gasteiger partial charge on any atom is -0.493 e. The van der Waals surface area contributed by atoms with Crippen LogP contribution in [0.3, 0.4) is 0 Å². The minimum atomic E-state index is -0.287. The van der Waals surface area contributed by atoms with Gasteiger partial charge in [0.05, 0.1) is 35.1 Å². The van der Waals surface area contributed by atoms with E-state index in [1.807, 2.05) is 36.6 Å². The van der Waals surface area contributed by atoms with Crippen molar-refractivity contribution in [2.75, 3.05) is 13.7 Å². The molecule has 6 nitrogen and oxygen atoms in total. The molecular formula is C25H28BrN3O3S. The van der Waals surface area contributed by atoms with Crippen molar-refractivity contribution < 1.29 is 14.3 Å². The average Bonchev–Trinajstić information content (AvgIpc) is 3.26. The van der Waals surface area contributed by atoms with Crippen molar-refractivity contribution in [2.24, 2.45) is 5.10 Å². The van der Waals surface area contributed by atoms with E-state index in [9.17, 15) is 4.79 Å². The number of ether oxygens (including phenoxy) is 2. The molecule has 33 heavy (non-hydrogen) atoms. The Labute approximate surface area is 207 Å². The number of nitrogens with one attached hydrogen (secondary N) is 1. The number of halogens is 1. The number of unbranched alkanes of at least 4 members (excludes halogenated alkanes) is 3. The van der Waals surface area contributed by atoms with Crippen molar-refractivity contribution in [2.45, 2.75) is 39.5 Å². The Morgan fingerprint density at radius 3 is 2.67 bits per heavy atom. The number of carbonyl (C=O) groups is 1. The van der Waals surface area contributed by atoms with Crippen LogP contribution in [0.4, 0.5) is 0 Å². The van der Waals surface area contributed by atoms with Gasteiger partial charge in [-0.25, -0.2) is 10.4 Å². The number of hydrogen-bond acceptors (Lipinski definition) is 6. The Bertz CT molecular complexity index is 1100. The van der Waals surface area contributed by atoms with E-state index >= 15 is 0 Å². The van der Waals surface area contributed by atoms with Gasteiger partial charge in [0.15, 0.2) is 11.5 Å². The summed E-state index contributed by atoms with van der Waals surface area (Å²) in [6.45, 7) is 4.79. The van der Waals surface area contributed by atoms with Crippen LogP contribution >= 0.6 is 27.3 Å². The third kappa shape index (κ3) is 7.14. The highest BCUT2D eigenvalue weighted by Crippen LogP contribution is 2.36. The lowest BCUT2D eigenvalue weighted by Crippen LogP contribution is -2.17. The molecule has 174 valence electrons. The zero-order valence-corrected chi connectivity index (χ0v) is 21.5. The molecule has 3 aromatic rings. The van der Waals surface area contributed by atoms with Crippen LogP contribution in [0.15, 0.2) is 51.4 Å². The Morgan fingerprint density at radius 2 is 2.00 bits per heavy atom. The number of thiazole rings is 1. The Kier molecular flexibility index (Phi) is 9.45. The van der Waals surface area contributed by atoms with Crippen molar-refractivity contribution in [1.29, 1.82) is 0 Å². The third-order valence-corrected chi connectivity index (χ3v) is 6.30. The van der Waals surface area contributed by atoms with E-state index in [4.69, 9.17) is 9.47 Å². The number of carbonyl (C=O) groups excluding carboxylic acids is 1. The van der Waals surface area contributed by atoms with E-state index in [0.717, 1.165) is 39.1 Å². The number of aromatic nitrogens is 1. The fourth-order valence-corrected chi connectivity index (χ4v) is 4.37. The number of methoxy groups -OCH3 is 1. The Hall–Kier alpha value is -2.71. The smallest absolute Gasteiger partial charge is 0.271 e. The summed E-state index contributed by atoms with van der Waals surface area (Å²) >= 11 is 5.15. The fraction of sp³-hybridized carbons (Fsp3) is 0.320. The molecule has 0 aliphatic carbocycles. The van der Waals surface area contributed by atoms with Crippen molar-refractivity contribution in [1.82, 2.24) is 10.4 Å². The first-order chi connectivity index (χ1) is 16.0. The minimum absolute atomic E-state index is 0.287. The molecule has 2 aromatic carbocycles. The molecule has 0 bridgehead atoms. The summed E-state index contributed by atoms with van der Waals surface area (Å²) in [7, 11) is 1.60. The first kappa shape index (κ1) is 24.9. The third-order valence-electron chi connectivity index (χ3n) is 4.94. The van der Waals surface area contributed by atoms with Crippen LogP contribution in [0.1, 0.15) is 53.5 Å². The molecule has 0 aliphatic heterocycles. The Morgan fingerprint density at radius 1 is 1.21 bits per heavy atom. The maximum absolute atomic E-state index is 12.4. The van der Waals surface area contributed by atoms with Gasteiger partial charge in [0.2, 0.25) is 0 Å². The molecule has 0 saturated carbocycles. The predicted octanol–water partition coefficient (Wildman–Crippen LogP) is 6.61. The van der Waals surface area contributed by atoms with Crippen LogP contribution in [0, 0.1) is 6.92 Å². The van der Waals surface area contributed by atoms with E-state index in [0.29, 0.717) is 23.7 Å². The van der Waals surface area contributed by atoms with Gasteiger partial charge in [-0.05, 0) is 59.1 Å². The molecule has 0 aliphatic rings. The lowest BCUT2D eigenvalue weighted by molar-refractivity contribution is 0.0955. The zero-order valence-electron chi connectivity index (χ0n) is 19.1. The SMILES string of the molecule is CCCCCCOc1c(Br)cc(/C=N/NC(=O)c2ccc(-c3csc(C)n3)cc2)cc1OC. The van der Waals surface area contributed by atoms with Gasteiger partial charge in [-0.2, -0.15) is 5.10 Å². The number of hydrazone groups is 1. The lowest BCUT2D eigenvalue weighted by Gasteiger charge is -2.13. The maximum Gasteiger partial charge on any atom is 0.271 e. The summed E-state index contributed by atoms with van der Waals surface area (Å²) in [5, 5.41) is 7.11. The molecule has 3 rings (SSSR count). The van der Waals surface area contributed by atoms with Gasteiger partial charge in [0, 0.05) is 16.5 Å². The van der Waals surface area contributed by atoms with E-state index in [-0.39, 0.29) is 5.91 Å². The van der Waals surface area contributed by atoms with Crippen LogP contribution in [-0.4, -0.2) is 30.8 Å². The van der Waals surface area contributed by atoms with Crippen LogP contribution in [-0.2, 0) is 0 Å². The molecule has 0 spiro atoms.